The molecule has 1 aromatic rings. The van der Waals surface area contributed by atoms with Crippen LogP contribution in [0.5, 0.6) is 0 Å². The number of amides is 2. The zero-order valence-corrected chi connectivity index (χ0v) is 21.4. The third kappa shape index (κ3) is 4.68. The number of aromatic nitrogens is 2. The van der Waals surface area contributed by atoms with Gasteiger partial charge in [0.2, 0.25) is 0 Å². The van der Waals surface area contributed by atoms with E-state index in [-0.39, 0.29) is 41.6 Å². The largest absolute Gasteiger partial charge is 0.340 e. The van der Waals surface area contributed by atoms with E-state index in [1.165, 1.54) is 6.08 Å². The summed E-state index contributed by atoms with van der Waals surface area (Å²) in [6, 6.07) is -0.828. The molecular weight excluding hydrogens is 443 g/mol. The number of hydrogen-bond acceptors (Lipinski definition) is 3. The second-order valence-corrected chi connectivity index (χ2v) is 10.2. The predicted molar refractivity (Wildman–Crippen MR) is 137 cm³/mol. The van der Waals surface area contributed by atoms with Crippen LogP contribution in [0.25, 0.3) is 0 Å². The van der Waals surface area contributed by atoms with E-state index in [0.717, 1.165) is 16.8 Å². The zero-order chi connectivity index (χ0) is 25.4. The van der Waals surface area contributed by atoms with E-state index in [2.05, 4.69) is 19.2 Å². The lowest BCUT2D eigenvalue weighted by atomic mass is 9.74. The Morgan fingerprint density at radius 1 is 1.14 bits per heavy atom. The van der Waals surface area contributed by atoms with Gasteiger partial charge in [0.05, 0.1) is 0 Å². The molecule has 1 aromatic heterocycles. The van der Waals surface area contributed by atoms with Crippen molar-refractivity contribution in [2.75, 3.05) is 4.90 Å². The van der Waals surface area contributed by atoms with Gasteiger partial charge in [0.25, 0.3) is 11.8 Å². The van der Waals surface area contributed by atoms with Gasteiger partial charge in [0, 0.05) is 34.8 Å². The summed E-state index contributed by atoms with van der Waals surface area (Å²) in [7, 11) is 0. The van der Waals surface area contributed by atoms with Crippen LogP contribution >= 0.6 is 0 Å². The first kappa shape index (κ1) is 24.9. The van der Waals surface area contributed by atoms with Crippen LogP contribution in [0.2, 0.25) is 0 Å². The molecule has 4 rings (SSSR count). The minimum absolute atomic E-state index is 0.106. The zero-order valence-electron chi connectivity index (χ0n) is 21.4. The number of halogens is 1. The number of hydrogen-bond donors (Lipinski definition) is 1. The van der Waals surface area contributed by atoms with E-state index in [1.54, 1.807) is 17.1 Å². The Bertz CT molecular complexity index is 1180. The van der Waals surface area contributed by atoms with Crippen LogP contribution < -0.4 is 10.2 Å². The van der Waals surface area contributed by atoms with E-state index in [0.29, 0.717) is 24.2 Å². The lowest BCUT2D eigenvalue weighted by Gasteiger charge is -2.42. The molecule has 3 atom stereocenters. The molecule has 0 fully saturated rings. The van der Waals surface area contributed by atoms with Crippen LogP contribution in [0.3, 0.4) is 0 Å². The molecule has 186 valence electrons. The molecule has 1 N–H and O–H groups in total. The van der Waals surface area contributed by atoms with Crippen molar-refractivity contribution in [1.29, 1.82) is 0 Å². The molecule has 0 bridgehead atoms. The third-order valence-corrected chi connectivity index (χ3v) is 7.00. The summed E-state index contributed by atoms with van der Waals surface area (Å²) < 4.78 is 15.8. The average Bonchev–Trinajstić information content (AvgIpc) is 2.98. The van der Waals surface area contributed by atoms with E-state index < -0.39 is 6.04 Å². The quantitative estimate of drug-likeness (QED) is 0.620. The lowest BCUT2D eigenvalue weighted by Crippen LogP contribution is -2.58. The van der Waals surface area contributed by atoms with Gasteiger partial charge < -0.3 is 5.32 Å². The molecule has 35 heavy (non-hydrogen) atoms. The molecule has 3 aliphatic rings. The topological polar surface area (TPSA) is 67.2 Å². The van der Waals surface area contributed by atoms with E-state index >= 15 is 0 Å². The summed E-state index contributed by atoms with van der Waals surface area (Å²) in [6.07, 6.45) is 13.5. The molecule has 2 aliphatic carbocycles. The Hall–Kier alpha value is -3.22. The van der Waals surface area contributed by atoms with Crippen molar-refractivity contribution >= 4 is 17.6 Å². The normalized spacial score (nSPS) is 24.3. The van der Waals surface area contributed by atoms with Gasteiger partial charge in [-0.3, -0.25) is 19.2 Å². The van der Waals surface area contributed by atoms with Crippen LogP contribution in [0.1, 0.15) is 70.7 Å². The first-order valence-electron chi connectivity index (χ1n) is 12.4. The highest BCUT2D eigenvalue weighted by molar-refractivity contribution is 6.05. The summed E-state index contributed by atoms with van der Waals surface area (Å²) in [5.74, 6) is -0.615. The average molecular weight is 479 g/mol. The van der Waals surface area contributed by atoms with Crippen molar-refractivity contribution in [3.63, 3.8) is 0 Å². The van der Waals surface area contributed by atoms with E-state index in [4.69, 9.17) is 5.10 Å². The molecule has 0 saturated heterocycles. The summed E-state index contributed by atoms with van der Waals surface area (Å²) in [4.78, 5) is 29.1. The van der Waals surface area contributed by atoms with Crippen LogP contribution in [0.4, 0.5) is 10.2 Å². The minimum Gasteiger partial charge on any atom is -0.340 e. The number of carbonyl (C=O) groups is 2. The molecule has 1 aliphatic heterocycles. The summed E-state index contributed by atoms with van der Waals surface area (Å²) in [5.41, 5.74) is 3.61. The molecule has 6 nitrogen and oxygen atoms in total. The van der Waals surface area contributed by atoms with Gasteiger partial charge in [-0.2, -0.15) is 5.10 Å². The summed E-state index contributed by atoms with van der Waals surface area (Å²) in [6.45, 7) is 12.0. The maximum Gasteiger partial charge on any atom is 0.251 e. The third-order valence-electron chi connectivity index (χ3n) is 7.00. The molecule has 2 amide bonds. The van der Waals surface area contributed by atoms with Gasteiger partial charge in [0.1, 0.15) is 11.9 Å². The highest BCUT2D eigenvalue weighted by atomic mass is 19.1. The standard InChI is InChI=1S/C28H35FN4O2/c1-16(2)32-26-23(19(6)33(31-26)17(3)4)24(20-12-14-22(29)15-13-20)25(28(32)35)30-27(34)21-9-7-8-18(5)10-11-21/h7-9,11-12,14-17,20,24-25H,10,13H2,1-6H3,(H,30,34)/t20?,24-,25-/m0/s1. The van der Waals surface area contributed by atoms with E-state index in [9.17, 15) is 14.0 Å². The molecule has 0 saturated carbocycles. The molecule has 1 unspecified atom stereocenters. The predicted octanol–water partition coefficient (Wildman–Crippen LogP) is 5.36. The molecule has 2 heterocycles. The smallest absolute Gasteiger partial charge is 0.251 e. The number of fused-ring (bicyclic) bond motifs is 1. The Kier molecular flexibility index (Phi) is 6.97. The highest BCUT2D eigenvalue weighted by Gasteiger charge is 2.48. The summed E-state index contributed by atoms with van der Waals surface area (Å²) in [5, 5.41) is 7.93. The fourth-order valence-corrected chi connectivity index (χ4v) is 5.27. The van der Waals surface area contributed by atoms with Gasteiger partial charge in [-0.25, -0.2) is 4.39 Å². The van der Waals surface area contributed by atoms with E-state index in [1.807, 2.05) is 56.7 Å². The second-order valence-electron chi connectivity index (χ2n) is 10.2. The molecule has 0 aromatic carbocycles. The molecular formula is C28H35FN4O2. The maximum absolute atomic E-state index is 14.0. The van der Waals surface area contributed by atoms with Crippen LogP contribution in [-0.4, -0.2) is 33.7 Å². The molecule has 7 heteroatoms. The van der Waals surface area contributed by atoms with Crippen LogP contribution in [0.15, 0.2) is 59.5 Å². The first-order chi connectivity index (χ1) is 16.6. The van der Waals surface area contributed by atoms with Crippen molar-refractivity contribution in [3.05, 3.63) is 70.8 Å². The SMILES string of the molecule is CC1=CC=CC(C(=O)N[C@@H]2C(=O)N(C(C)C)c3nn(C(C)C)c(C)c3[C@@H]2C2C=CC(F)=CC2)=CC1. The van der Waals surface area contributed by atoms with Crippen molar-refractivity contribution in [3.8, 4) is 0 Å². The number of allylic oxidation sites excluding steroid dienone is 8. The van der Waals surface area contributed by atoms with Crippen molar-refractivity contribution < 1.29 is 14.0 Å². The Balaban J connectivity index is 1.81. The Morgan fingerprint density at radius 3 is 2.51 bits per heavy atom. The Labute approximate surface area is 206 Å². The number of anilines is 1. The monoisotopic (exact) mass is 478 g/mol. The Morgan fingerprint density at radius 2 is 1.89 bits per heavy atom. The number of nitrogens with one attached hydrogen (secondary N) is 1. The molecule has 0 radical (unpaired) electrons. The molecule has 0 spiro atoms. The van der Waals surface area contributed by atoms with Crippen molar-refractivity contribution in [1.82, 2.24) is 15.1 Å². The lowest BCUT2D eigenvalue weighted by molar-refractivity contribution is -0.127. The first-order valence-corrected chi connectivity index (χ1v) is 12.4. The fourth-order valence-electron chi connectivity index (χ4n) is 5.27. The van der Waals surface area contributed by atoms with Crippen molar-refractivity contribution in [2.24, 2.45) is 5.92 Å². The van der Waals surface area contributed by atoms with Crippen molar-refractivity contribution in [2.45, 2.75) is 78.4 Å². The van der Waals surface area contributed by atoms with Gasteiger partial charge in [-0.05, 0) is 78.5 Å². The van der Waals surface area contributed by atoms with Crippen LogP contribution in [0, 0.1) is 12.8 Å². The highest BCUT2D eigenvalue weighted by Crippen LogP contribution is 2.45. The second kappa shape index (κ2) is 9.80. The van der Waals surface area contributed by atoms with Gasteiger partial charge in [-0.15, -0.1) is 0 Å². The van der Waals surface area contributed by atoms with Gasteiger partial charge >= 0.3 is 0 Å². The summed E-state index contributed by atoms with van der Waals surface area (Å²) >= 11 is 0. The van der Waals surface area contributed by atoms with Gasteiger partial charge in [0.15, 0.2) is 5.82 Å². The van der Waals surface area contributed by atoms with Crippen LogP contribution in [-0.2, 0) is 9.59 Å². The van der Waals surface area contributed by atoms with Gasteiger partial charge in [-0.1, -0.05) is 29.9 Å². The number of nitrogens with zero attached hydrogens (tertiary/aromatic N) is 3. The minimum atomic E-state index is -0.795. The fraction of sp³-hybridized carbons (Fsp3) is 0.464. The number of carbonyl (C=O) groups excluding carboxylic acids is 2. The number of rotatable bonds is 5. The maximum atomic E-state index is 14.0.